The highest BCUT2D eigenvalue weighted by Crippen LogP contribution is 2.33. The van der Waals surface area contributed by atoms with Crippen molar-refractivity contribution in [3.8, 4) is 0 Å². The molecule has 0 heterocycles. The van der Waals surface area contributed by atoms with Crippen molar-refractivity contribution in [3.05, 3.63) is 33.8 Å². The van der Waals surface area contributed by atoms with Gasteiger partial charge in [-0.05, 0) is 55.0 Å². The molecule has 3 heteroatoms. The maximum atomic E-state index is 6.29. The second kappa shape index (κ2) is 6.97. The van der Waals surface area contributed by atoms with Gasteiger partial charge in [0.2, 0.25) is 0 Å². The van der Waals surface area contributed by atoms with E-state index in [-0.39, 0.29) is 6.04 Å². The standard InChI is InChI=1S/C16H25Cl2N/c1-11(10-16(2,3)4)8-15(19-5)13-9-12(17)6-7-14(13)18/h6-7,9,11,15,19H,8,10H2,1-5H3. The van der Waals surface area contributed by atoms with E-state index < -0.39 is 0 Å². The van der Waals surface area contributed by atoms with Crippen molar-refractivity contribution in [1.29, 1.82) is 0 Å². The normalized spacial score (nSPS) is 15.3. The molecule has 0 saturated heterocycles. The molecule has 0 spiro atoms. The molecule has 1 N–H and O–H groups in total. The molecular weight excluding hydrogens is 277 g/mol. The van der Waals surface area contributed by atoms with Crippen LogP contribution in [0, 0.1) is 11.3 Å². The zero-order valence-corrected chi connectivity index (χ0v) is 14.1. The van der Waals surface area contributed by atoms with E-state index in [1.807, 2.05) is 25.2 Å². The van der Waals surface area contributed by atoms with Crippen LogP contribution in [0.1, 0.15) is 52.1 Å². The van der Waals surface area contributed by atoms with Gasteiger partial charge < -0.3 is 5.32 Å². The fraction of sp³-hybridized carbons (Fsp3) is 0.625. The Morgan fingerprint density at radius 2 is 1.84 bits per heavy atom. The van der Waals surface area contributed by atoms with Crippen molar-refractivity contribution in [2.45, 2.75) is 46.6 Å². The maximum Gasteiger partial charge on any atom is 0.0454 e. The SMILES string of the molecule is CNC(CC(C)CC(C)(C)C)c1cc(Cl)ccc1Cl. The molecule has 0 amide bonds. The molecule has 0 aromatic heterocycles. The molecule has 0 saturated carbocycles. The van der Waals surface area contributed by atoms with Crippen molar-refractivity contribution in [2.24, 2.45) is 11.3 Å². The van der Waals surface area contributed by atoms with Crippen LogP contribution in [0.15, 0.2) is 18.2 Å². The van der Waals surface area contributed by atoms with Crippen LogP contribution in [0.5, 0.6) is 0 Å². The molecular formula is C16H25Cl2N. The number of hydrogen-bond donors (Lipinski definition) is 1. The van der Waals surface area contributed by atoms with E-state index in [0.29, 0.717) is 11.3 Å². The lowest BCUT2D eigenvalue weighted by Gasteiger charge is -2.27. The molecule has 108 valence electrons. The predicted molar refractivity (Wildman–Crippen MR) is 86.1 cm³/mol. The number of hydrogen-bond acceptors (Lipinski definition) is 1. The first-order chi connectivity index (χ1) is 8.73. The Bertz CT molecular complexity index is 410. The lowest BCUT2D eigenvalue weighted by atomic mass is 9.82. The molecule has 0 bridgehead atoms. The van der Waals surface area contributed by atoms with E-state index >= 15 is 0 Å². The molecule has 19 heavy (non-hydrogen) atoms. The van der Waals surface area contributed by atoms with E-state index in [9.17, 15) is 0 Å². The summed E-state index contributed by atoms with van der Waals surface area (Å²) >= 11 is 12.4. The smallest absolute Gasteiger partial charge is 0.0454 e. The van der Waals surface area contributed by atoms with E-state index in [0.717, 1.165) is 22.0 Å². The van der Waals surface area contributed by atoms with Gasteiger partial charge in [-0.1, -0.05) is 50.9 Å². The van der Waals surface area contributed by atoms with Crippen LogP contribution in [0.2, 0.25) is 10.0 Å². The topological polar surface area (TPSA) is 12.0 Å². The molecule has 0 aliphatic rings. The van der Waals surface area contributed by atoms with Gasteiger partial charge >= 0.3 is 0 Å². The van der Waals surface area contributed by atoms with Crippen molar-refractivity contribution in [1.82, 2.24) is 5.32 Å². The van der Waals surface area contributed by atoms with Crippen molar-refractivity contribution in [2.75, 3.05) is 7.05 Å². The number of halogens is 2. The van der Waals surface area contributed by atoms with Gasteiger partial charge in [0.05, 0.1) is 0 Å². The van der Waals surface area contributed by atoms with Crippen molar-refractivity contribution in [3.63, 3.8) is 0 Å². The van der Waals surface area contributed by atoms with Crippen LogP contribution in [0.25, 0.3) is 0 Å². The van der Waals surface area contributed by atoms with Crippen molar-refractivity contribution < 1.29 is 0 Å². The van der Waals surface area contributed by atoms with Crippen LogP contribution in [-0.4, -0.2) is 7.05 Å². The highest BCUT2D eigenvalue weighted by molar-refractivity contribution is 6.33. The second-order valence-electron chi connectivity index (χ2n) is 6.61. The first-order valence-corrected chi connectivity index (χ1v) is 7.60. The molecule has 1 rings (SSSR count). The summed E-state index contributed by atoms with van der Waals surface area (Å²) < 4.78 is 0. The zero-order chi connectivity index (χ0) is 14.6. The lowest BCUT2D eigenvalue weighted by Crippen LogP contribution is -2.21. The van der Waals surface area contributed by atoms with Crippen LogP contribution in [0.3, 0.4) is 0 Å². The summed E-state index contributed by atoms with van der Waals surface area (Å²) in [5.74, 6) is 0.632. The second-order valence-corrected chi connectivity index (χ2v) is 7.46. The minimum atomic E-state index is 0.253. The molecule has 1 aromatic rings. The maximum absolute atomic E-state index is 6.29. The average Bonchev–Trinajstić information content (AvgIpc) is 2.27. The highest BCUT2D eigenvalue weighted by Gasteiger charge is 2.20. The third-order valence-corrected chi connectivity index (χ3v) is 3.86. The summed E-state index contributed by atoms with van der Waals surface area (Å²) in [4.78, 5) is 0. The van der Waals surface area contributed by atoms with E-state index in [1.54, 1.807) is 0 Å². The Labute approximate surface area is 127 Å². The molecule has 0 aliphatic carbocycles. The van der Waals surface area contributed by atoms with Gasteiger partial charge in [-0.15, -0.1) is 0 Å². The Morgan fingerprint density at radius 3 is 2.37 bits per heavy atom. The van der Waals surface area contributed by atoms with Gasteiger partial charge in [0.1, 0.15) is 0 Å². The lowest BCUT2D eigenvalue weighted by molar-refractivity contribution is 0.279. The minimum absolute atomic E-state index is 0.253. The summed E-state index contributed by atoms with van der Waals surface area (Å²) in [5, 5.41) is 4.88. The monoisotopic (exact) mass is 301 g/mol. The fourth-order valence-corrected chi connectivity index (χ4v) is 3.14. The van der Waals surface area contributed by atoms with Gasteiger partial charge in [0.15, 0.2) is 0 Å². The number of rotatable bonds is 5. The molecule has 0 radical (unpaired) electrons. The Hall–Kier alpha value is -0.240. The number of nitrogens with one attached hydrogen (secondary N) is 1. The molecule has 2 atom stereocenters. The van der Waals surface area contributed by atoms with Crippen LogP contribution in [0.4, 0.5) is 0 Å². The Balaban J connectivity index is 2.80. The quantitative estimate of drug-likeness (QED) is 0.734. The van der Waals surface area contributed by atoms with E-state index in [4.69, 9.17) is 23.2 Å². The average molecular weight is 302 g/mol. The molecule has 0 fully saturated rings. The van der Waals surface area contributed by atoms with Crippen LogP contribution < -0.4 is 5.32 Å². The van der Waals surface area contributed by atoms with E-state index in [1.165, 1.54) is 6.42 Å². The first-order valence-electron chi connectivity index (χ1n) is 6.85. The first kappa shape index (κ1) is 16.8. The highest BCUT2D eigenvalue weighted by atomic mass is 35.5. The predicted octanol–water partition coefficient (Wildman–Crippen LogP) is 5.72. The van der Waals surface area contributed by atoms with Gasteiger partial charge in [0.25, 0.3) is 0 Å². The van der Waals surface area contributed by atoms with Crippen LogP contribution in [-0.2, 0) is 0 Å². The summed E-state index contributed by atoms with van der Waals surface area (Å²) in [5.41, 5.74) is 1.45. The summed E-state index contributed by atoms with van der Waals surface area (Å²) in [6.07, 6.45) is 2.26. The number of benzene rings is 1. The third kappa shape index (κ3) is 5.72. The van der Waals surface area contributed by atoms with Gasteiger partial charge in [0, 0.05) is 16.1 Å². The van der Waals surface area contributed by atoms with Crippen LogP contribution >= 0.6 is 23.2 Å². The fourth-order valence-electron chi connectivity index (χ4n) is 2.71. The van der Waals surface area contributed by atoms with Crippen molar-refractivity contribution >= 4 is 23.2 Å². The summed E-state index contributed by atoms with van der Waals surface area (Å²) in [6, 6.07) is 5.93. The Morgan fingerprint density at radius 1 is 1.21 bits per heavy atom. The van der Waals surface area contributed by atoms with E-state index in [2.05, 4.69) is 33.0 Å². The Kier molecular flexibility index (Phi) is 6.16. The minimum Gasteiger partial charge on any atom is -0.313 e. The van der Waals surface area contributed by atoms with Gasteiger partial charge in [-0.3, -0.25) is 0 Å². The van der Waals surface area contributed by atoms with Gasteiger partial charge in [-0.25, -0.2) is 0 Å². The largest absolute Gasteiger partial charge is 0.313 e. The molecule has 1 nitrogen and oxygen atoms in total. The summed E-state index contributed by atoms with van der Waals surface area (Å²) in [7, 11) is 1.98. The zero-order valence-electron chi connectivity index (χ0n) is 12.6. The van der Waals surface area contributed by atoms with Gasteiger partial charge in [-0.2, -0.15) is 0 Å². The molecule has 2 unspecified atom stereocenters. The third-order valence-electron chi connectivity index (χ3n) is 3.28. The molecule has 0 aliphatic heterocycles. The molecule has 1 aromatic carbocycles. The summed E-state index contributed by atoms with van der Waals surface area (Å²) in [6.45, 7) is 9.15.